The van der Waals surface area contributed by atoms with Crippen LogP contribution in [0.2, 0.25) is 5.02 Å². The van der Waals surface area contributed by atoms with E-state index in [-0.39, 0.29) is 18.0 Å². The topological polar surface area (TPSA) is 101 Å². The third kappa shape index (κ3) is 5.04. The highest BCUT2D eigenvalue weighted by molar-refractivity contribution is 7.89. The molecule has 0 heterocycles. The number of carbonyl (C=O) groups excluding carboxylic acids is 1. The predicted octanol–water partition coefficient (Wildman–Crippen LogP) is 1.43. The van der Waals surface area contributed by atoms with Crippen molar-refractivity contribution in [1.29, 1.82) is 0 Å². The number of hydrogen-bond donors (Lipinski definition) is 3. The van der Waals surface area contributed by atoms with Gasteiger partial charge in [-0.1, -0.05) is 48.0 Å². The highest BCUT2D eigenvalue weighted by Gasteiger charge is 2.17. The predicted molar refractivity (Wildman–Crippen MR) is 93.0 cm³/mol. The van der Waals surface area contributed by atoms with Crippen LogP contribution in [0, 0.1) is 0 Å². The van der Waals surface area contributed by atoms with E-state index >= 15 is 0 Å². The summed E-state index contributed by atoms with van der Waals surface area (Å²) in [4.78, 5) is 11.6. The summed E-state index contributed by atoms with van der Waals surface area (Å²) in [6.07, 6.45) is 0. The van der Waals surface area contributed by atoms with Crippen LogP contribution in [-0.2, 0) is 14.8 Å². The number of nitrogens with two attached hydrogens (primary N) is 1. The number of carbonyl (C=O) groups is 1. The summed E-state index contributed by atoms with van der Waals surface area (Å²) >= 11 is 5.80. The average Bonchev–Trinajstić information content (AvgIpc) is 2.55. The van der Waals surface area contributed by atoms with Gasteiger partial charge in [0, 0.05) is 18.1 Å². The molecular formula is C16H18ClN3O3S. The molecule has 0 saturated heterocycles. The van der Waals surface area contributed by atoms with Gasteiger partial charge in [0.2, 0.25) is 15.9 Å². The second-order valence-electron chi connectivity index (χ2n) is 5.06. The summed E-state index contributed by atoms with van der Waals surface area (Å²) in [7, 11) is -3.66. The average molecular weight is 368 g/mol. The minimum Gasteiger partial charge on any atom is -0.368 e. The zero-order valence-electron chi connectivity index (χ0n) is 12.8. The van der Waals surface area contributed by atoms with Gasteiger partial charge in [-0.25, -0.2) is 13.1 Å². The Balaban J connectivity index is 1.92. The Bertz CT molecular complexity index is 797. The molecule has 0 saturated carbocycles. The van der Waals surface area contributed by atoms with Crippen molar-refractivity contribution in [1.82, 2.24) is 10.0 Å². The van der Waals surface area contributed by atoms with Gasteiger partial charge in [-0.15, -0.1) is 0 Å². The second kappa shape index (κ2) is 8.25. The van der Waals surface area contributed by atoms with Crippen molar-refractivity contribution in [2.24, 2.45) is 5.73 Å². The van der Waals surface area contributed by atoms with Gasteiger partial charge in [-0.3, -0.25) is 4.79 Å². The number of primary amides is 1. The van der Waals surface area contributed by atoms with Gasteiger partial charge < -0.3 is 11.1 Å². The molecule has 2 rings (SSSR count). The number of sulfonamides is 1. The maximum atomic E-state index is 12.1. The third-order valence-electron chi connectivity index (χ3n) is 3.29. The van der Waals surface area contributed by atoms with Crippen LogP contribution in [0.3, 0.4) is 0 Å². The first-order valence-electron chi connectivity index (χ1n) is 7.23. The number of hydrogen-bond acceptors (Lipinski definition) is 4. The molecule has 6 nitrogen and oxygen atoms in total. The first-order chi connectivity index (χ1) is 11.4. The third-order valence-corrected chi connectivity index (χ3v) is 4.98. The summed E-state index contributed by atoms with van der Waals surface area (Å²) in [5.74, 6) is -0.529. The quantitative estimate of drug-likeness (QED) is 0.614. The molecule has 0 spiro atoms. The van der Waals surface area contributed by atoms with Crippen LogP contribution in [0.1, 0.15) is 11.6 Å². The maximum absolute atomic E-state index is 12.1. The van der Waals surface area contributed by atoms with E-state index in [1.54, 1.807) is 36.4 Å². The van der Waals surface area contributed by atoms with Crippen LogP contribution in [0.25, 0.3) is 0 Å². The Morgan fingerprint density at radius 2 is 1.79 bits per heavy atom. The van der Waals surface area contributed by atoms with Gasteiger partial charge in [-0.05, 0) is 23.8 Å². The Hall–Kier alpha value is -1.93. The maximum Gasteiger partial charge on any atom is 0.240 e. The number of nitrogens with one attached hydrogen (secondary N) is 2. The molecule has 2 aromatic carbocycles. The van der Waals surface area contributed by atoms with E-state index < -0.39 is 22.0 Å². The van der Waals surface area contributed by atoms with Gasteiger partial charge >= 0.3 is 0 Å². The molecule has 0 fully saturated rings. The molecule has 0 aliphatic rings. The molecule has 128 valence electrons. The molecule has 0 radical (unpaired) electrons. The van der Waals surface area contributed by atoms with E-state index in [2.05, 4.69) is 10.0 Å². The van der Waals surface area contributed by atoms with Gasteiger partial charge in [-0.2, -0.15) is 0 Å². The first kappa shape index (κ1) is 18.4. The molecule has 0 aromatic heterocycles. The van der Waals surface area contributed by atoms with Gasteiger partial charge in [0.1, 0.15) is 6.04 Å². The molecule has 1 amide bonds. The zero-order chi connectivity index (χ0) is 17.6. The summed E-state index contributed by atoms with van der Waals surface area (Å²) in [5, 5.41) is 3.28. The zero-order valence-corrected chi connectivity index (χ0v) is 14.3. The molecule has 0 aliphatic heterocycles. The summed E-state index contributed by atoms with van der Waals surface area (Å²) in [6.45, 7) is 0.341. The lowest BCUT2D eigenvalue weighted by Gasteiger charge is -2.16. The van der Waals surface area contributed by atoms with Crippen molar-refractivity contribution in [2.75, 3.05) is 13.1 Å². The fourth-order valence-electron chi connectivity index (χ4n) is 2.15. The van der Waals surface area contributed by atoms with Gasteiger partial charge in [0.25, 0.3) is 0 Å². The van der Waals surface area contributed by atoms with Crippen LogP contribution < -0.4 is 15.8 Å². The SMILES string of the molecule is NC(=O)C(NCCNS(=O)(=O)c1cccc(Cl)c1)c1ccccc1. The van der Waals surface area contributed by atoms with E-state index in [1.807, 2.05) is 6.07 Å². The van der Waals surface area contributed by atoms with Crippen LogP contribution in [0.4, 0.5) is 0 Å². The van der Waals surface area contributed by atoms with Crippen molar-refractivity contribution in [2.45, 2.75) is 10.9 Å². The number of rotatable bonds is 8. The Morgan fingerprint density at radius 3 is 2.42 bits per heavy atom. The van der Waals surface area contributed by atoms with E-state index in [1.165, 1.54) is 12.1 Å². The molecule has 1 unspecified atom stereocenters. The van der Waals surface area contributed by atoms with Crippen molar-refractivity contribution in [3.8, 4) is 0 Å². The van der Waals surface area contributed by atoms with Crippen LogP contribution >= 0.6 is 11.6 Å². The summed E-state index contributed by atoms with van der Waals surface area (Å²) < 4.78 is 26.7. The Morgan fingerprint density at radius 1 is 1.08 bits per heavy atom. The number of halogens is 1. The smallest absolute Gasteiger partial charge is 0.240 e. The summed E-state index contributed by atoms with van der Waals surface area (Å²) in [5.41, 5.74) is 6.11. The fraction of sp³-hybridized carbons (Fsp3) is 0.188. The van der Waals surface area contributed by atoms with E-state index in [9.17, 15) is 13.2 Å². The molecule has 4 N–H and O–H groups in total. The van der Waals surface area contributed by atoms with E-state index in [0.29, 0.717) is 5.02 Å². The Labute approximate surface area is 146 Å². The van der Waals surface area contributed by atoms with E-state index in [4.69, 9.17) is 17.3 Å². The van der Waals surface area contributed by atoms with Crippen LogP contribution in [0.15, 0.2) is 59.5 Å². The highest BCUT2D eigenvalue weighted by Crippen LogP contribution is 2.15. The van der Waals surface area contributed by atoms with Crippen molar-refractivity contribution < 1.29 is 13.2 Å². The lowest BCUT2D eigenvalue weighted by molar-refractivity contribution is -0.120. The molecule has 2 aromatic rings. The molecule has 8 heteroatoms. The van der Waals surface area contributed by atoms with Crippen molar-refractivity contribution >= 4 is 27.5 Å². The summed E-state index contributed by atoms with van der Waals surface area (Å²) in [6, 6.07) is 14.3. The standard InChI is InChI=1S/C16H18ClN3O3S/c17-13-7-4-8-14(11-13)24(22,23)20-10-9-19-15(16(18)21)12-5-2-1-3-6-12/h1-8,11,15,19-20H,9-10H2,(H2,18,21). The molecule has 24 heavy (non-hydrogen) atoms. The van der Waals surface area contributed by atoms with Crippen molar-refractivity contribution in [3.63, 3.8) is 0 Å². The monoisotopic (exact) mass is 367 g/mol. The molecular weight excluding hydrogens is 350 g/mol. The fourth-order valence-corrected chi connectivity index (χ4v) is 3.48. The minimum atomic E-state index is -3.66. The molecule has 0 bridgehead atoms. The molecule has 1 atom stereocenters. The largest absolute Gasteiger partial charge is 0.368 e. The van der Waals surface area contributed by atoms with E-state index in [0.717, 1.165) is 5.56 Å². The second-order valence-corrected chi connectivity index (χ2v) is 7.26. The van der Waals surface area contributed by atoms with Crippen LogP contribution in [-0.4, -0.2) is 27.4 Å². The number of benzene rings is 2. The number of amides is 1. The highest BCUT2D eigenvalue weighted by atomic mass is 35.5. The molecule has 0 aliphatic carbocycles. The lowest BCUT2D eigenvalue weighted by Crippen LogP contribution is -2.38. The first-order valence-corrected chi connectivity index (χ1v) is 9.09. The lowest BCUT2D eigenvalue weighted by atomic mass is 10.1. The van der Waals surface area contributed by atoms with Gasteiger partial charge in [0.15, 0.2) is 0 Å². The van der Waals surface area contributed by atoms with Gasteiger partial charge in [0.05, 0.1) is 4.90 Å². The van der Waals surface area contributed by atoms with Crippen molar-refractivity contribution in [3.05, 3.63) is 65.2 Å². The minimum absolute atomic E-state index is 0.0875. The van der Waals surface area contributed by atoms with Crippen LogP contribution in [0.5, 0.6) is 0 Å². The normalized spacial score (nSPS) is 12.7. The Kier molecular flexibility index (Phi) is 6.33.